The third-order valence-electron chi connectivity index (χ3n) is 11.4. The Kier molecular flexibility index (Phi) is 12.2. The molecule has 0 spiro atoms. The predicted octanol–water partition coefficient (Wildman–Crippen LogP) is 9.00. The number of hydrogen-bond donors (Lipinski definition) is 0. The van der Waals surface area contributed by atoms with Crippen LogP contribution >= 0.6 is 23.2 Å². The number of esters is 2. The van der Waals surface area contributed by atoms with E-state index in [2.05, 4.69) is 48.2 Å². The largest absolute Gasteiger partial charge is 0.463 e. The molecule has 49 heavy (non-hydrogen) atoms. The Balaban J connectivity index is 0.928. The van der Waals surface area contributed by atoms with Crippen molar-refractivity contribution in [2.75, 3.05) is 43.0 Å². The van der Waals surface area contributed by atoms with Gasteiger partial charge in [-0.25, -0.2) is 4.79 Å². The number of anilines is 1. The number of fused-ring (bicyclic) bond motifs is 5. The average molecular weight is 707 g/mol. The van der Waals surface area contributed by atoms with Crippen molar-refractivity contribution in [3.8, 4) is 5.75 Å². The maximum atomic E-state index is 12.6. The first-order valence-corrected chi connectivity index (χ1v) is 19.1. The molecule has 2 fully saturated rings. The number of rotatable bonds is 15. The summed E-state index contributed by atoms with van der Waals surface area (Å²) < 4.78 is 17.8. The number of benzene rings is 3. The summed E-state index contributed by atoms with van der Waals surface area (Å²) in [5.74, 6) is 3.07. The van der Waals surface area contributed by atoms with Crippen molar-refractivity contribution in [3.63, 3.8) is 0 Å². The minimum Gasteiger partial charge on any atom is -0.463 e. The van der Waals surface area contributed by atoms with E-state index >= 15 is 0 Å². The van der Waals surface area contributed by atoms with E-state index in [4.69, 9.17) is 37.4 Å². The van der Waals surface area contributed by atoms with Gasteiger partial charge in [-0.15, -0.1) is 23.2 Å². The van der Waals surface area contributed by atoms with E-state index in [1.54, 1.807) is 12.1 Å². The smallest absolute Gasteiger partial charge is 0.343 e. The standard InChI is InChI=1S/C41H49Cl2NO5/c1-41-21-20-35-34-17-15-33(49-40(46)30-7-3-2-4-8-30)28-31(34)12-16-36(35)37(41)18-19-38(41)47-26-27-48-39(45)9-5-6-29-10-13-32(14-11-29)44(24-22-42)25-23-43/h2-4,7-8,10-11,13-15,17,28,35-38H,5-6,9,12,16,18-27H2,1H3/t35?,36?,37?,38?,41-/m0/s1. The molecular weight excluding hydrogens is 657 g/mol. The topological polar surface area (TPSA) is 65.1 Å². The van der Waals surface area contributed by atoms with Crippen molar-refractivity contribution in [1.82, 2.24) is 0 Å². The second kappa shape index (κ2) is 16.8. The summed E-state index contributed by atoms with van der Waals surface area (Å²) in [6.07, 6.45) is 8.86. The van der Waals surface area contributed by atoms with Crippen LogP contribution in [0.15, 0.2) is 72.8 Å². The van der Waals surface area contributed by atoms with Gasteiger partial charge in [-0.1, -0.05) is 43.3 Å². The zero-order valence-electron chi connectivity index (χ0n) is 28.6. The molecule has 0 amide bonds. The molecular formula is C41H49Cl2NO5. The van der Waals surface area contributed by atoms with E-state index in [1.807, 2.05) is 24.3 Å². The highest BCUT2D eigenvalue weighted by molar-refractivity contribution is 6.18. The van der Waals surface area contributed by atoms with Gasteiger partial charge in [0.25, 0.3) is 0 Å². The second-order valence-electron chi connectivity index (χ2n) is 14.1. The molecule has 5 atom stereocenters. The molecule has 3 aromatic rings. The van der Waals surface area contributed by atoms with E-state index in [9.17, 15) is 9.59 Å². The molecule has 0 heterocycles. The van der Waals surface area contributed by atoms with Gasteiger partial charge in [-0.2, -0.15) is 0 Å². The zero-order valence-corrected chi connectivity index (χ0v) is 30.1. The van der Waals surface area contributed by atoms with Gasteiger partial charge < -0.3 is 19.1 Å². The number of halogens is 2. The van der Waals surface area contributed by atoms with E-state index in [1.165, 1.54) is 23.1 Å². The van der Waals surface area contributed by atoms with Gasteiger partial charge in [-0.05, 0) is 128 Å². The highest BCUT2D eigenvalue weighted by atomic mass is 35.5. The van der Waals surface area contributed by atoms with Crippen molar-refractivity contribution >= 4 is 40.8 Å². The fourth-order valence-electron chi connectivity index (χ4n) is 8.89. The number of aryl methyl sites for hydroxylation is 2. The highest BCUT2D eigenvalue weighted by Gasteiger charge is 2.55. The van der Waals surface area contributed by atoms with Crippen LogP contribution in [0.4, 0.5) is 5.69 Å². The normalized spacial score (nSPS) is 24.0. The summed E-state index contributed by atoms with van der Waals surface area (Å²) in [7, 11) is 0. The number of nitrogens with zero attached hydrogens (tertiary/aromatic N) is 1. The summed E-state index contributed by atoms with van der Waals surface area (Å²) >= 11 is 11.9. The first-order valence-electron chi connectivity index (χ1n) is 18.0. The maximum Gasteiger partial charge on any atom is 0.343 e. The lowest BCUT2D eigenvalue weighted by molar-refractivity contribution is -0.147. The molecule has 0 aliphatic heterocycles. The van der Waals surface area contributed by atoms with Gasteiger partial charge in [0.05, 0.1) is 18.3 Å². The molecule has 8 heteroatoms. The maximum absolute atomic E-state index is 12.6. The molecule has 3 aliphatic rings. The Morgan fingerprint density at radius 3 is 2.43 bits per heavy atom. The molecule has 4 unspecified atom stereocenters. The third-order valence-corrected chi connectivity index (χ3v) is 11.7. The van der Waals surface area contributed by atoms with Crippen LogP contribution in [0.1, 0.15) is 84.8 Å². The van der Waals surface area contributed by atoms with Crippen LogP contribution < -0.4 is 9.64 Å². The van der Waals surface area contributed by atoms with Gasteiger partial charge in [0.15, 0.2) is 0 Å². The molecule has 0 radical (unpaired) electrons. The molecule has 0 aromatic heterocycles. The van der Waals surface area contributed by atoms with Crippen molar-refractivity contribution in [1.29, 1.82) is 0 Å². The molecule has 6 nitrogen and oxygen atoms in total. The van der Waals surface area contributed by atoms with Gasteiger partial charge >= 0.3 is 11.9 Å². The van der Waals surface area contributed by atoms with E-state index in [-0.39, 0.29) is 23.5 Å². The van der Waals surface area contributed by atoms with Gasteiger partial charge in [0, 0.05) is 37.0 Å². The van der Waals surface area contributed by atoms with E-state index in [0.29, 0.717) is 60.5 Å². The molecule has 6 rings (SSSR count). The lowest BCUT2D eigenvalue weighted by Crippen LogP contribution is -2.45. The summed E-state index contributed by atoms with van der Waals surface area (Å²) in [6, 6.07) is 23.8. The summed E-state index contributed by atoms with van der Waals surface area (Å²) in [5.41, 5.74) is 5.78. The van der Waals surface area contributed by atoms with E-state index in [0.717, 1.165) is 63.7 Å². The van der Waals surface area contributed by atoms with Crippen molar-refractivity contribution in [3.05, 3.63) is 95.1 Å². The van der Waals surface area contributed by atoms with Crippen LogP contribution in [-0.2, 0) is 27.1 Å². The van der Waals surface area contributed by atoms with Gasteiger partial charge in [0.2, 0.25) is 0 Å². The molecule has 0 bridgehead atoms. The van der Waals surface area contributed by atoms with Gasteiger partial charge in [0.1, 0.15) is 12.4 Å². The Bertz CT molecular complexity index is 1540. The van der Waals surface area contributed by atoms with Crippen molar-refractivity contribution in [2.45, 2.75) is 76.7 Å². The Morgan fingerprint density at radius 1 is 0.898 bits per heavy atom. The molecule has 0 saturated heterocycles. The lowest BCUT2D eigenvalue weighted by atomic mass is 9.55. The third kappa shape index (κ3) is 8.46. The number of carbonyl (C=O) groups excluding carboxylic acids is 2. The molecule has 3 aromatic carbocycles. The molecule has 2 saturated carbocycles. The minimum absolute atomic E-state index is 0.147. The highest BCUT2D eigenvalue weighted by Crippen LogP contribution is 2.61. The van der Waals surface area contributed by atoms with Crippen molar-refractivity contribution in [2.24, 2.45) is 17.3 Å². The van der Waals surface area contributed by atoms with Crippen LogP contribution in [0.5, 0.6) is 5.75 Å². The van der Waals surface area contributed by atoms with Crippen LogP contribution in [0.25, 0.3) is 0 Å². The average Bonchev–Trinajstić information content (AvgIpc) is 3.46. The van der Waals surface area contributed by atoms with Crippen molar-refractivity contribution < 1.29 is 23.8 Å². The molecule has 3 aliphatic carbocycles. The van der Waals surface area contributed by atoms with Crippen LogP contribution in [0, 0.1) is 17.3 Å². The minimum atomic E-state index is -0.318. The molecule has 262 valence electrons. The quantitative estimate of drug-likeness (QED) is 0.0681. The SMILES string of the molecule is C[C@]12CCC3c4ccc(OC(=O)c5ccccc5)cc4CCC3C1CCC2OCCOC(=O)CCCc1ccc(N(CCCl)CCCl)cc1. The fourth-order valence-corrected chi connectivity index (χ4v) is 9.30. The number of ether oxygens (including phenoxy) is 3. The Hall–Kier alpha value is -3.06. The molecule has 0 N–H and O–H groups in total. The summed E-state index contributed by atoms with van der Waals surface area (Å²) in [6.45, 7) is 4.71. The monoisotopic (exact) mass is 705 g/mol. The van der Waals surface area contributed by atoms with Gasteiger partial charge in [-0.3, -0.25) is 4.79 Å². The first kappa shape index (κ1) is 35.8. The van der Waals surface area contributed by atoms with Crippen LogP contribution in [-0.4, -0.2) is 56.1 Å². The second-order valence-corrected chi connectivity index (χ2v) is 14.9. The Labute approximate surface area is 301 Å². The summed E-state index contributed by atoms with van der Waals surface area (Å²) in [5, 5.41) is 0. The van der Waals surface area contributed by atoms with E-state index < -0.39 is 0 Å². The number of alkyl halides is 2. The Morgan fingerprint density at radius 2 is 1.67 bits per heavy atom. The zero-order chi connectivity index (χ0) is 34.2. The fraction of sp³-hybridized carbons (Fsp3) is 0.512. The van der Waals surface area contributed by atoms with Crippen LogP contribution in [0.3, 0.4) is 0 Å². The first-order chi connectivity index (χ1) is 23.9. The van der Waals surface area contributed by atoms with Crippen LogP contribution in [0.2, 0.25) is 0 Å². The number of carbonyl (C=O) groups is 2. The number of hydrogen-bond acceptors (Lipinski definition) is 6. The lowest BCUT2D eigenvalue weighted by Gasteiger charge is -2.50. The predicted molar refractivity (Wildman–Crippen MR) is 196 cm³/mol. The summed E-state index contributed by atoms with van der Waals surface area (Å²) in [4.78, 5) is 27.3.